The quantitative estimate of drug-likeness (QED) is 0.520. The molecule has 0 radical (unpaired) electrons. The molecule has 3 rings (SSSR count). The third kappa shape index (κ3) is 6.18. The highest BCUT2D eigenvalue weighted by Crippen LogP contribution is 2.21. The average Bonchev–Trinajstić information content (AvgIpc) is 2.78. The molecular weight excluding hydrogens is 424 g/mol. The van der Waals surface area contributed by atoms with Crippen molar-refractivity contribution in [2.75, 3.05) is 7.11 Å². The summed E-state index contributed by atoms with van der Waals surface area (Å²) in [5.74, 6) is 0.212. The molecule has 0 unspecified atom stereocenters. The van der Waals surface area contributed by atoms with Gasteiger partial charge in [0.15, 0.2) is 0 Å². The second-order valence-corrected chi connectivity index (χ2v) is 9.41. The number of benzene rings is 3. The van der Waals surface area contributed by atoms with Crippen LogP contribution in [0.2, 0.25) is 0 Å². The zero-order chi connectivity index (χ0) is 23.1. The summed E-state index contributed by atoms with van der Waals surface area (Å²) >= 11 is 0. The molecule has 168 valence electrons. The molecule has 3 aromatic rings. The lowest BCUT2D eigenvalue weighted by Crippen LogP contribution is -2.47. The Hall–Kier alpha value is -3.16. The van der Waals surface area contributed by atoms with Gasteiger partial charge in [-0.1, -0.05) is 60.2 Å². The van der Waals surface area contributed by atoms with E-state index in [1.54, 1.807) is 13.0 Å². The normalized spacial score (nSPS) is 12.2. The van der Waals surface area contributed by atoms with Crippen molar-refractivity contribution in [3.05, 3.63) is 95.1 Å². The van der Waals surface area contributed by atoms with Crippen molar-refractivity contribution in [3.63, 3.8) is 0 Å². The third-order valence-corrected chi connectivity index (χ3v) is 6.63. The van der Waals surface area contributed by atoms with E-state index in [1.807, 2.05) is 61.5 Å². The number of hydrogen-bond donors (Lipinski definition) is 2. The fourth-order valence-corrected chi connectivity index (χ4v) is 4.61. The molecular formula is C25H28N2O4S. The molecule has 1 amide bonds. The van der Waals surface area contributed by atoms with E-state index in [0.717, 1.165) is 16.7 Å². The molecule has 0 aliphatic rings. The lowest BCUT2D eigenvalue weighted by molar-refractivity contribution is -0.122. The van der Waals surface area contributed by atoms with Gasteiger partial charge in [0.1, 0.15) is 11.8 Å². The molecule has 7 heteroatoms. The van der Waals surface area contributed by atoms with Crippen LogP contribution in [0.1, 0.15) is 22.3 Å². The smallest absolute Gasteiger partial charge is 0.241 e. The molecule has 0 bridgehead atoms. The summed E-state index contributed by atoms with van der Waals surface area (Å²) in [7, 11) is -2.40. The Labute approximate surface area is 189 Å². The van der Waals surface area contributed by atoms with Crippen LogP contribution >= 0.6 is 0 Å². The highest BCUT2D eigenvalue weighted by molar-refractivity contribution is 7.89. The number of rotatable bonds is 9. The van der Waals surface area contributed by atoms with E-state index < -0.39 is 16.1 Å². The van der Waals surface area contributed by atoms with Crippen LogP contribution in [-0.2, 0) is 27.8 Å². The Bertz CT molecular complexity index is 1160. The predicted octanol–water partition coefficient (Wildman–Crippen LogP) is 3.52. The SMILES string of the molecule is COc1ccc(S(=O)(=O)N[C@H](Cc2ccccc2)C(=O)NCc2ccc(C)cc2)cc1C. The van der Waals surface area contributed by atoms with Crippen LogP contribution in [0.5, 0.6) is 5.75 Å². The standard InChI is InChI=1S/C25H28N2O4S/c1-18-9-11-21(12-10-18)17-26-25(28)23(16-20-7-5-4-6-8-20)27-32(29,30)22-13-14-24(31-3)19(2)15-22/h4-15,23,27H,16-17H2,1-3H3,(H,26,28)/t23-/m1/s1. The van der Waals surface area contributed by atoms with Gasteiger partial charge in [-0.25, -0.2) is 8.42 Å². The van der Waals surface area contributed by atoms with Gasteiger partial charge in [-0.3, -0.25) is 4.79 Å². The van der Waals surface area contributed by atoms with Gasteiger partial charge < -0.3 is 10.1 Å². The number of carbonyl (C=O) groups is 1. The minimum Gasteiger partial charge on any atom is -0.496 e. The van der Waals surface area contributed by atoms with Crippen molar-refractivity contribution in [1.29, 1.82) is 0 Å². The highest BCUT2D eigenvalue weighted by atomic mass is 32.2. The Morgan fingerprint density at radius 3 is 2.25 bits per heavy atom. The summed E-state index contributed by atoms with van der Waals surface area (Å²) in [6.45, 7) is 4.08. The summed E-state index contributed by atoms with van der Waals surface area (Å²) in [6, 6.07) is 20.8. The summed E-state index contributed by atoms with van der Waals surface area (Å²) in [5.41, 5.74) is 3.62. The molecule has 2 N–H and O–H groups in total. The van der Waals surface area contributed by atoms with Gasteiger partial charge >= 0.3 is 0 Å². The molecule has 0 fully saturated rings. The van der Waals surface area contributed by atoms with Crippen LogP contribution in [0, 0.1) is 13.8 Å². The monoisotopic (exact) mass is 452 g/mol. The fourth-order valence-electron chi connectivity index (χ4n) is 3.33. The van der Waals surface area contributed by atoms with Crippen molar-refractivity contribution < 1.29 is 17.9 Å². The van der Waals surface area contributed by atoms with Crippen molar-refractivity contribution >= 4 is 15.9 Å². The second kappa shape index (κ2) is 10.4. The van der Waals surface area contributed by atoms with Gasteiger partial charge in [-0.2, -0.15) is 4.72 Å². The van der Waals surface area contributed by atoms with Crippen molar-refractivity contribution in [3.8, 4) is 5.75 Å². The van der Waals surface area contributed by atoms with E-state index in [-0.39, 0.29) is 17.2 Å². The van der Waals surface area contributed by atoms with Gasteiger partial charge in [0.25, 0.3) is 0 Å². The van der Waals surface area contributed by atoms with E-state index in [9.17, 15) is 13.2 Å². The highest BCUT2D eigenvalue weighted by Gasteiger charge is 2.26. The first-order chi connectivity index (χ1) is 15.3. The summed E-state index contributed by atoms with van der Waals surface area (Å²) in [5, 5.41) is 2.86. The zero-order valence-corrected chi connectivity index (χ0v) is 19.3. The molecule has 6 nitrogen and oxygen atoms in total. The molecule has 0 saturated carbocycles. The molecule has 0 heterocycles. The Morgan fingerprint density at radius 2 is 1.62 bits per heavy atom. The number of sulfonamides is 1. The second-order valence-electron chi connectivity index (χ2n) is 7.70. The van der Waals surface area contributed by atoms with E-state index in [4.69, 9.17) is 4.74 Å². The first kappa shape index (κ1) is 23.5. The molecule has 3 aromatic carbocycles. The predicted molar refractivity (Wildman–Crippen MR) is 125 cm³/mol. The molecule has 0 aliphatic carbocycles. The molecule has 0 spiro atoms. The largest absolute Gasteiger partial charge is 0.496 e. The number of nitrogens with one attached hydrogen (secondary N) is 2. The number of ether oxygens (including phenoxy) is 1. The Morgan fingerprint density at radius 1 is 0.938 bits per heavy atom. The van der Waals surface area contributed by atoms with E-state index in [2.05, 4.69) is 10.0 Å². The summed E-state index contributed by atoms with van der Waals surface area (Å²) in [6.07, 6.45) is 0.231. The van der Waals surface area contributed by atoms with E-state index in [1.165, 1.54) is 19.2 Å². The topological polar surface area (TPSA) is 84.5 Å². The van der Waals surface area contributed by atoms with Crippen molar-refractivity contribution in [1.82, 2.24) is 10.0 Å². The van der Waals surface area contributed by atoms with Gasteiger partial charge in [0, 0.05) is 6.54 Å². The fraction of sp³-hybridized carbons (Fsp3) is 0.240. The average molecular weight is 453 g/mol. The van der Waals surface area contributed by atoms with Crippen LogP contribution in [-0.4, -0.2) is 27.5 Å². The number of methoxy groups -OCH3 is 1. The van der Waals surface area contributed by atoms with Crippen LogP contribution in [0.3, 0.4) is 0 Å². The number of hydrogen-bond acceptors (Lipinski definition) is 4. The van der Waals surface area contributed by atoms with Gasteiger partial charge in [-0.15, -0.1) is 0 Å². The Kier molecular flexibility index (Phi) is 7.66. The maximum atomic E-state index is 13.1. The molecule has 0 saturated heterocycles. The first-order valence-corrected chi connectivity index (χ1v) is 11.8. The maximum absolute atomic E-state index is 13.1. The van der Waals surface area contributed by atoms with Gasteiger partial charge in [0.2, 0.25) is 15.9 Å². The molecule has 0 aromatic heterocycles. The lowest BCUT2D eigenvalue weighted by Gasteiger charge is -2.19. The van der Waals surface area contributed by atoms with Crippen LogP contribution in [0.4, 0.5) is 0 Å². The summed E-state index contributed by atoms with van der Waals surface area (Å²) in [4.78, 5) is 13.1. The van der Waals surface area contributed by atoms with Crippen molar-refractivity contribution in [2.45, 2.75) is 37.8 Å². The molecule has 0 aliphatic heterocycles. The minimum atomic E-state index is -3.93. The number of amides is 1. The van der Waals surface area contributed by atoms with E-state index in [0.29, 0.717) is 17.9 Å². The zero-order valence-electron chi connectivity index (χ0n) is 18.5. The van der Waals surface area contributed by atoms with E-state index >= 15 is 0 Å². The molecule has 32 heavy (non-hydrogen) atoms. The van der Waals surface area contributed by atoms with Gasteiger partial charge in [-0.05, 0) is 55.2 Å². The van der Waals surface area contributed by atoms with Crippen LogP contribution in [0.25, 0.3) is 0 Å². The number of aryl methyl sites for hydroxylation is 2. The van der Waals surface area contributed by atoms with Crippen LogP contribution in [0.15, 0.2) is 77.7 Å². The lowest BCUT2D eigenvalue weighted by atomic mass is 10.1. The molecule has 1 atom stereocenters. The minimum absolute atomic E-state index is 0.0835. The van der Waals surface area contributed by atoms with Crippen LogP contribution < -0.4 is 14.8 Å². The maximum Gasteiger partial charge on any atom is 0.241 e. The third-order valence-electron chi connectivity index (χ3n) is 5.16. The Balaban J connectivity index is 1.80. The van der Waals surface area contributed by atoms with Gasteiger partial charge in [0.05, 0.1) is 12.0 Å². The summed E-state index contributed by atoms with van der Waals surface area (Å²) < 4.78 is 33.9. The van der Waals surface area contributed by atoms with Crippen molar-refractivity contribution in [2.24, 2.45) is 0 Å². The number of carbonyl (C=O) groups excluding carboxylic acids is 1. The first-order valence-electron chi connectivity index (χ1n) is 10.3.